The molecule has 0 heterocycles. The van der Waals surface area contributed by atoms with Crippen LogP contribution in [0.5, 0.6) is 0 Å². The molecule has 0 aliphatic heterocycles. The highest BCUT2D eigenvalue weighted by molar-refractivity contribution is 5.58. The Balaban J connectivity index is 2.15. The van der Waals surface area contributed by atoms with Crippen molar-refractivity contribution in [3.05, 3.63) is 35.9 Å². The molecule has 2 N–H and O–H groups in total. The Bertz CT molecular complexity index is 306. The van der Waals surface area contributed by atoms with Crippen LogP contribution >= 0.6 is 0 Å². The van der Waals surface area contributed by atoms with Crippen LogP contribution < -0.4 is 5.73 Å². The van der Waals surface area contributed by atoms with E-state index in [1.165, 1.54) is 31.2 Å². The van der Waals surface area contributed by atoms with Crippen molar-refractivity contribution in [2.24, 2.45) is 10.7 Å². The Labute approximate surface area is 105 Å². The molecule has 1 aromatic rings. The monoisotopic (exact) mass is 232 g/mol. The van der Waals surface area contributed by atoms with Crippen LogP contribution in [0.1, 0.15) is 50.6 Å². The summed E-state index contributed by atoms with van der Waals surface area (Å²) in [5.41, 5.74) is 7.25. The molecule has 0 amide bonds. The molecule has 0 saturated heterocycles. The topological polar surface area (TPSA) is 38.4 Å². The molecule has 94 valence electrons. The molecule has 0 aliphatic carbocycles. The largest absolute Gasteiger partial charge is 0.324 e. The molecule has 1 unspecified atom stereocenters. The molecular weight excluding hydrogens is 208 g/mol. The number of aliphatic imine (C=N–C) groups is 1. The first-order valence-corrected chi connectivity index (χ1v) is 6.63. The van der Waals surface area contributed by atoms with E-state index in [1.807, 2.05) is 24.4 Å². The summed E-state index contributed by atoms with van der Waals surface area (Å²) >= 11 is 0. The standard InChI is InChI=1S/C15H24N2/c1-2-3-4-8-12-17-13-11-15(16)14-9-6-5-7-10-14/h5-7,9-10,13,15H,2-4,8,11-12,16H2,1H3. The van der Waals surface area contributed by atoms with E-state index in [1.54, 1.807) is 0 Å². The summed E-state index contributed by atoms with van der Waals surface area (Å²) in [6.45, 7) is 3.17. The molecule has 0 radical (unpaired) electrons. The van der Waals surface area contributed by atoms with E-state index in [2.05, 4.69) is 24.0 Å². The second-order valence-electron chi connectivity index (χ2n) is 4.40. The molecule has 17 heavy (non-hydrogen) atoms. The van der Waals surface area contributed by atoms with Crippen LogP contribution in [0.15, 0.2) is 35.3 Å². The van der Waals surface area contributed by atoms with E-state index in [-0.39, 0.29) is 6.04 Å². The first-order valence-electron chi connectivity index (χ1n) is 6.63. The van der Waals surface area contributed by atoms with Crippen LogP contribution in [0.4, 0.5) is 0 Å². The van der Waals surface area contributed by atoms with Gasteiger partial charge in [-0.25, -0.2) is 0 Å². The summed E-state index contributed by atoms with van der Waals surface area (Å²) in [5, 5.41) is 0. The molecular formula is C15H24N2. The Kier molecular flexibility index (Phi) is 7.32. The smallest absolute Gasteiger partial charge is 0.0385 e. The summed E-state index contributed by atoms with van der Waals surface area (Å²) < 4.78 is 0. The lowest BCUT2D eigenvalue weighted by molar-refractivity contribution is 0.674. The Morgan fingerprint density at radius 2 is 1.94 bits per heavy atom. The third kappa shape index (κ3) is 6.22. The number of unbranched alkanes of at least 4 members (excludes halogenated alkanes) is 3. The Hall–Kier alpha value is -1.15. The fraction of sp³-hybridized carbons (Fsp3) is 0.533. The maximum atomic E-state index is 6.07. The SMILES string of the molecule is CCCCCCN=CCC(N)c1ccccc1. The number of hydrogen-bond acceptors (Lipinski definition) is 2. The molecule has 0 fully saturated rings. The van der Waals surface area contributed by atoms with Crippen LogP contribution in [0.25, 0.3) is 0 Å². The quantitative estimate of drug-likeness (QED) is 0.538. The lowest BCUT2D eigenvalue weighted by atomic mass is 10.1. The molecule has 1 atom stereocenters. The van der Waals surface area contributed by atoms with Crippen molar-refractivity contribution in [1.29, 1.82) is 0 Å². The maximum absolute atomic E-state index is 6.07. The van der Waals surface area contributed by atoms with Gasteiger partial charge in [-0.05, 0) is 12.0 Å². The van der Waals surface area contributed by atoms with Gasteiger partial charge in [0.05, 0.1) is 0 Å². The summed E-state index contributed by atoms with van der Waals surface area (Å²) in [6.07, 6.45) is 7.90. The molecule has 0 saturated carbocycles. The predicted molar refractivity (Wildman–Crippen MR) is 75.5 cm³/mol. The van der Waals surface area contributed by atoms with Crippen molar-refractivity contribution in [3.63, 3.8) is 0 Å². The maximum Gasteiger partial charge on any atom is 0.0385 e. The highest BCUT2D eigenvalue weighted by Crippen LogP contribution is 2.11. The van der Waals surface area contributed by atoms with E-state index < -0.39 is 0 Å². The average molecular weight is 232 g/mol. The molecule has 1 aromatic carbocycles. The van der Waals surface area contributed by atoms with Gasteiger partial charge in [0.25, 0.3) is 0 Å². The van der Waals surface area contributed by atoms with Gasteiger partial charge in [-0.3, -0.25) is 4.99 Å². The summed E-state index contributed by atoms with van der Waals surface area (Å²) in [7, 11) is 0. The van der Waals surface area contributed by atoms with E-state index in [4.69, 9.17) is 5.73 Å². The van der Waals surface area contributed by atoms with Crippen molar-refractivity contribution in [3.8, 4) is 0 Å². The number of benzene rings is 1. The van der Waals surface area contributed by atoms with Crippen molar-refractivity contribution in [1.82, 2.24) is 0 Å². The van der Waals surface area contributed by atoms with Gasteiger partial charge in [-0.15, -0.1) is 0 Å². The second kappa shape index (κ2) is 8.94. The third-order valence-corrected chi connectivity index (χ3v) is 2.86. The Morgan fingerprint density at radius 1 is 1.18 bits per heavy atom. The average Bonchev–Trinajstić information content (AvgIpc) is 2.38. The molecule has 0 aromatic heterocycles. The fourth-order valence-electron chi connectivity index (χ4n) is 1.75. The van der Waals surface area contributed by atoms with E-state index >= 15 is 0 Å². The lowest BCUT2D eigenvalue weighted by Crippen LogP contribution is -2.10. The zero-order valence-corrected chi connectivity index (χ0v) is 10.8. The lowest BCUT2D eigenvalue weighted by Gasteiger charge is -2.08. The second-order valence-corrected chi connectivity index (χ2v) is 4.40. The van der Waals surface area contributed by atoms with E-state index in [0.717, 1.165) is 13.0 Å². The van der Waals surface area contributed by atoms with Gasteiger partial charge in [-0.2, -0.15) is 0 Å². The third-order valence-electron chi connectivity index (χ3n) is 2.86. The van der Waals surface area contributed by atoms with E-state index in [0.29, 0.717) is 0 Å². The van der Waals surface area contributed by atoms with Gasteiger partial charge in [-0.1, -0.05) is 56.5 Å². The van der Waals surface area contributed by atoms with Crippen LogP contribution in [0.3, 0.4) is 0 Å². The Morgan fingerprint density at radius 3 is 2.65 bits per heavy atom. The minimum Gasteiger partial charge on any atom is -0.324 e. The normalized spacial score (nSPS) is 13.1. The molecule has 0 spiro atoms. The number of hydrogen-bond donors (Lipinski definition) is 1. The minimum atomic E-state index is 0.0793. The molecule has 2 heteroatoms. The molecule has 0 bridgehead atoms. The van der Waals surface area contributed by atoms with Crippen LogP contribution in [0.2, 0.25) is 0 Å². The minimum absolute atomic E-state index is 0.0793. The first-order chi connectivity index (χ1) is 8.34. The summed E-state index contributed by atoms with van der Waals surface area (Å²) in [6, 6.07) is 10.3. The first kappa shape index (κ1) is 13.9. The zero-order chi connectivity index (χ0) is 12.3. The van der Waals surface area contributed by atoms with Crippen molar-refractivity contribution < 1.29 is 0 Å². The highest BCUT2D eigenvalue weighted by Gasteiger charge is 2.01. The van der Waals surface area contributed by atoms with Crippen molar-refractivity contribution in [2.75, 3.05) is 6.54 Å². The van der Waals surface area contributed by atoms with Gasteiger partial charge in [0, 0.05) is 25.2 Å². The number of nitrogens with zero attached hydrogens (tertiary/aromatic N) is 1. The van der Waals surface area contributed by atoms with Crippen LogP contribution in [-0.4, -0.2) is 12.8 Å². The molecule has 0 aliphatic rings. The zero-order valence-electron chi connectivity index (χ0n) is 10.8. The van der Waals surface area contributed by atoms with E-state index in [9.17, 15) is 0 Å². The van der Waals surface area contributed by atoms with Crippen molar-refractivity contribution in [2.45, 2.75) is 45.1 Å². The predicted octanol–water partition coefficient (Wildman–Crippen LogP) is 3.73. The van der Waals surface area contributed by atoms with Crippen LogP contribution in [-0.2, 0) is 0 Å². The molecule has 1 rings (SSSR count). The van der Waals surface area contributed by atoms with Gasteiger partial charge >= 0.3 is 0 Å². The summed E-state index contributed by atoms with van der Waals surface area (Å²) in [5.74, 6) is 0. The highest BCUT2D eigenvalue weighted by atomic mass is 14.7. The number of rotatable bonds is 8. The molecule has 2 nitrogen and oxygen atoms in total. The van der Waals surface area contributed by atoms with Crippen molar-refractivity contribution >= 4 is 6.21 Å². The number of nitrogens with two attached hydrogens (primary N) is 1. The van der Waals surface area contributed by atoms with Gasteiger partial charge in [0.2, 0.25) is 0 Å². The van der Waals surface area contributed by atoms with Gasteiger partial charge < -0.3 is 5.73 Å². The van der Waals surface area contributed by atoms with Gasteiger partial charge in [0.15, 0.2) is 0 Å². The fourth-order valence-corrected chi connectivity index (χ4v) is 1.75. The van der Waals surface area contributed by atoms with Gasteiger partial charge in [0.1, 0.15) is 0 Å². The summed E-state index contributed by atoms with van der Waals surface area (Å²) in [4.78, 5) is 4.40. The van der Waals surface area contributed by atoms with Crippen LogP contribution in [0, 0.1) is 0 Å².